The predicted molar refractivity (Wildman–Crippen MR) is 63.8 cm³/mol. The van der Waals surface area contributed by atoms with Gasteiger partial charge in [0.25, 0.3) is 0 Å². The normalized spacial score (nSPS) is 14.4. The van der Waals surface area contributed by atoms with Gasteiger partial charge in [0.1, 0.15) is 5.60 Å². The van der Waals surface area contributed by atoms with Crippen LogP contribution in [0.15, 0.2) is 17.3 Å². The first-order valence-corrected chi connectivity index (χ1v) is 5.32. The molecular weight excluding hydrogens is 220 g/mol. The summed E-state index contributed by atoms with van der Waals surface area (Å²) in [7, 11) is 0. The number of aromatic nitrogens is 2. The summed E-state index contributed by atoms with van der Waals surface area (Å²) >= 11 is 0. The lowest BCUT2D eigenvalue weighted by atomic mass is 10.2. The summed E-state index contributed by atoms with van der Waals surface area (Å²) in [6, 6.07) is 1.70. The standard InChI is InChI=1S/C11H14N4O2/c1-11(2,3)17-10(16)15-7-6-12-9-8(15)4-5-13-14-9/h4-6H,7H2,1-3H3. The van der Waals surface area contributed by atoms with E-state index in [1.54, 1.807) is 12.3 Å². The molecule has 1 amide bonds. The zero-order chi connectivity index (χ0) is 12.5. The number of ether oxygens (including phenoxy) is 1. The maximum atomic E-state index is 12.0. The quantitative estimate of drug-likeness (QED) is 0.687. The number of hydrogen-bond donors (Lipinski definition) is 0. The maximum Gasteiger partial charge on any atom is 0.415 e. The molecule has 0 radical (unpaired) electrons. The molecule has 90 valence electrons. The Kier molecular flexibility index (Phi) is 2.79. The van der Waals surface area contributed by atoms with Gasteiger partial charge < -0.3 is 4.74 Å². The van der Waals surface area contributed by atoms with Crippen molar-refractivity contribution >= 4 is 23.8 Å². The Balaban J connectivity index is 2.24. The van der Waals surface area contributed by atoms with Crippen molar-refractivity contribution in [1.29, 1.82) is 0 Å². The van der Waals surface area contributed by atoms with Gasteiger partial charge in [-0.15, -0.1) is 5.10 Å². The van der Waals surface area contributed by atoms with Gasteiger partial charge in [-0.2, -0.15) is 5.10 Å². The molecule has 0 aromatic carbocycles. The molecule has 17 heavy (non-hydrogen) atoms. The van der Waals surface area contributed by atoms with E-state index >= 15 is 0 Å². The zero-order valence-electron chi connectivity index (χ0n) is 10.0. The van der Waals surface area contributed by atoms with Crippen molar-refractivity contribution < 1.29 is 9.53 Å². The third-order valence-electron chi connectivity index (χ3n) is 2.06. The Morgan fingerprint density at radius 1 is 1.47 bits per heavy atom. The molecule has 1 aromatic heterocycles. The maximum absolute atomic E-state index is 12.0. The minimum Gasteiger partial charge on any atom is -0.443 e. The average molecular weight is 234 g/mol. The minimum absolute atomic E-state index is 0.383. The van der Waals surface area contributed by atoms with E-state index in [2.05, 4.69) is 15.2 Å². The topological polar surface area (TPSA) is 67.7 Å². The van der Waals surface area contributed by atoms with E-state index < -0.39 is 11.7 Å². The van der Waals surface area contributed by atoms with E-state index in [9.17, 15) is 4.79 Å². The van der Waals surface area contributed by atoms with Gasteiger partial charge in [-0.3, -0.25) is 4.90 Å². The fourth-order valence-corrected chi connectivity index (χ4v) is 1.42. The van der Waals surface area contributed by atoms with Crippen molar-refractivity contribution in [2.75, 3.05) is 11.4 Å². The molecule has 0 fully saturated rings. The largest absolute Gasteiger partial charge is 0.443 e. The molecule has 2 heterocycles. The Morgan fingerprint density at radius 3 is 2.94 bits per heavy atom. The van der Waals surface area contributed by atoms with Gasteiger partial charge in [0.05, 0.1) is 18.4 Å². The SMILES string of the molecule is CC(C)(C)OC(=O)N1CC=Nc2nnccc21. The molecule has 6 heteroatoms. The number of amides is 1. The summed E-state index contributed by atoms with van der Waals surface area (Å²) in [6.45, 7) is 5.87. The second kappa shape index (κ2) is 4.12. The lowest BCUT2D eigenvalue weighted by Crippen LogP contribution is -2.39. The highest BCUT2D eigenvalue weighted by molar-refractivity contribution is 5.96. The molecule has 1 aliphatic heterocycles. The van der Waals surface area contributed by atoms with Crippen molar-refractivity contribution in [3.63, 3.8) is 0 Å². The third kappa shape index (κ3) is 2.58. The molecular formula is C11H14N4O2. The van der Waals surface area contributed by atoms with Gasteiger partial charge in [-0.1, -0.05) is 0 Å². The highest BCUT2D eigenvalue weighted by atomic mass is 16.6. The molecule has 0 N–H and O–H groups in total. The van der Waals surface area contributed by atoms with Gasteiger partial charge in [0, 0.05) is 6.21 Å². The first-order chi connectivity index (χ1) is 7.97. The van der Waals surface area contributed by atoms with E-state index in [1.807, 2.05) is 20.8 Å². The number of rotatable bonds is 0. The van der Waals surface area contributed by atoms with Crippen LogP contribution in [0.3, 0.4) is 0 Å². The van der Waals surface area contributed by atoms with Gasteiger partial charge in [-0.25, -0.2) is 9.79 Å². The number of carbonyl (C=O) groups excluding carboxylic acids is 1. The van der Waals surface area contributed by atoms with Crippen LogP contribution >= 0.6 is 0 Å². The molecule has 0 atom stereocenters. The number of aliphatic imine (C=N–C) groups is 1. The molecule has 0 spiro atoms. The number of carbonyl (C=O) groups is 1. The van der Waals surface area contributed by atoms with Crippen molar-refractivity contribution in [1.82, 2.24) is 10.2 Å². The van der Waals surface area contributed by atoms with Crippen LogP contribution in [-0.2, 0) is 4.74 Å². The average Bonchev–Trinajstić information content (AvgIpc) is 2.26. The van der Waals surface area contributed by atoms with Crippen LogP contribution in [0.2, 0.25) is 0 Å². The van der Waals surface area contributed by atoms with Crippen LogP contribution in [0.1, 0.15) is 20.8 Å². The molecule has 0 bridgehead atoms. The lowest BCUT2D eigenvalue weighted by molar-refractivity contribution is 0.0585. The van der Waals surface area contributed by atoms with Crippen LogP contribution in [0.5, 0.6) is 0 Å². The fraction of sp³-hybridized carbons (Fsp3) is 0.455. The van der Waals surface area contributed by atoms with Crippen LogP contribution in [0, 0.1) is 0 Å². The highest BCUT2D eigenvalue weighted by Gasteiger charge is 2.26. The minimum atomic E-state index is -0.522. The van der Waals surface area contributed by atoms with Gasteiger partial charge in [0.15, 0.2) is 5.82 Å². The second-order valence-electron chi connectivity index (χ2n) is 4.64. The molecule has 0 unspecified atom stereocenters. The van der Waals surface area contributed by atoms with Gasteiger partial charge in [-0.05, 0) is 26.8 Å². The number of anilines is 1. The Hall–Kier alpha value is -1.98. The van der Waals surface area contributed by atoms with Gasteiger partial charge in [0.2, 0.25) is 0 Å². The third-order valence-corrected chi connectivity index (χ3v) is 2.06. The number of nitrogens with zero attached hydrogens (tertiary/aromatic N) is 4. The summed E-state index contributed by atoms with van der Waals surface area (Å²) in [6.07, 6.45) is 2.73. The van der Waals surface area contributed by atoms with Crippen LogP contribution < -0.4 is 4.90 Å². The van der Waals surface area contributed by atoms with Crippen molar-refractivity contribution in [3.05, 3.63) is 12.3 Å². The predicted octanol–water partition coefficient (Wildman–Crippen LogP) is 1.93. The molecule has 2 rings (SSSR count). The van der Waals surface area contributed by atoms with Crippen LogP contribution in [0.25, 0.3) is 0 Å². The van der Waals surface area contributed by atoms with Gasteiger partial charge >= 0.3 is 6.09 Å². The van der Waals surface area contributed by atoms with Crippen molar-refractivity contribution in [3.8, 4) is 0 Å². The number of fused-ring (bicyclic) bond motifs is 1. The van der Waals surface area contributed by atoms with E-state index in [4.69, 9.17) is 4.74 Å². The fourth-order valence-electron chi connectivity index (χ4n) is 1.42. The first-order valence-electron chi connectivity index (χ1n) is 5.32. The Morgan fingerprint density at radius 2 is 2.24 bits per heavy atom. The van der Waals surface area contributed by atoms with Crippen LogP contribution in [0.4, 0.5) is 16.3 Å². The Bertz CT molecular complexity index is 465. The van der Waals surface area contributed by atoms with Crippen LogP contribution in [-0.4, -0.2) is 34.7 Å². The highest BCUT2D eigenvalue weighted by Crippen LogP contribution is 2.28. The summed E-state index contributed by atoms with van der Waals surface area (Å²) in [5, 5.41) is 7.57. The summed E-state index contributed by atoms with van der Waals surface area (Å²) in [4.78, 5) is 17.5. The number of hydrogen-bond acceptors (Lipinski definition) is 5. The van der Waals surface area contributed by atoms with Crippen molar-refractivity contribution in [2.24, 2.45) is 4.99 Å². The lowest BCUT2D eigenvalue weighted by Gasteiger charge is -2.28. The Labute approximate surface area is 99.3 Å². The van der Waals surface area contributed by atoms with E-state index in [0.717, 1.165) is 0 Å². The summed E-state index contributed by atoms with van der Waals surface area (Å²) in [5.74, 6) is 0.435. The van der Waals surface area contributed by atoms with E-state index in [1.165, 1.54) is 11.1 Å². The van der Waals surface area contributed by atoms with E-state index in [0.29, 0.717) is 18.1 Å². The zero-order valence-corrected chi connectivity index (χ0v) is 10.0. The molecule has 1 aliphatic rings. The monoisotopic (exact) mass is 234 g/mol. The van der Waals surface area contributed by atoms with Crippen molar-refractivity contribution in [2.45, 2.75) is 26.4 Å². The van der Waals surface area contributed by atoms with E-state index in [-0.39, 0.29) is 0 Å². The summed E-state index contributed by atoms with van der Waals surface area (Å²) < 4.78 is 5.31. The molecule has 1 aromatic rings. The second-order valence-corrected chi connectivity index (χ2v) is 4.64. The molecule has 6 nitrogen and oxygen atoms in total. The molecule has 0 saturated heterocycles. The summed E-state index contributed by atoms with van der Waals surface area (Å²) in [5.41, 5.74) is 0.100. The first kappa shape index (κ1) is 11.5. The molecule has 0 aliphatic carbocycles. The smallest absolute Gasteiger partial charge is 0.415 e. The molecule has 0 saturated carbocycles.